The van der Waals surface area contributed by atoms with Crippen molar-refractivity contribution >= 4 is 21.7 Å². The highest BCUT2D eigenvalue weighted by Gasteiger charge is 2.39. The Kier molecular flexibility index (Phi) is 5.60. The van der Waals surface area contributed by atoms with Gasteiger partial charge in [-0.1, -0.05) is 26.2 Å². The predicted octanol–water partition coefficient (Wildman–Crippen LogP) is 3.69. The Bertz CT molecular complexity index is 505. The summed E-state index contributed by atoms with van der Waals surface area (Å²) in [4.78, 5) is 12.9. The summed E-state index contributed by atoms with van der Waals surface area (Å²) >= 11 is 3.62. The average molecular weight is 357 g/mol. The third-order valence-corrected chi connectivity index (χ3v) is 5.50. The summed E-state index contributed by atoms with van der Waals surface area (Å²) in [5, 5.41) is 4.57. The molecule has 118 valence electrons. The second-order valence-electron chi connectivity index (χ2n) is 5.74. The second kappa shape index (κ2) is 7.05. The van der Waals surface area contributed by atoms with Crippen molar-refractivity contribution in [2.45, 2.75) is 70.9 Å². The van der Waals surface area contributed by atoms with Crippen LogP contribution in [0.25, 0.3) is 0 Å². The number of aromatic nitrogens is 2. The molecule has 0 bridgehead atoms. The van der Waals surface area contributed by atoms with Crippen LogP contribution in [-0.4, -0.2) is 28.3 Å². The minimum atomic E-state index is -0.576. The van der Waals surface area contributed by atoms with Gasteiger partial charge in [-0.15, -0.1) is 0 Å². The number of Topliss-reactive ketones (excluding diaryl/α,β-unsaturated/α-hetero) is 1. The summed E-state index contributed by atoms with van der Waals surface area (Å²) in [7, 11) is 1.67. The SMILES string of the molecule is CCc1nn(CC)c(CC(=O)C2(OC)CCCCC2)c1Br. The molecule has 1 aliphatic rings. The molecule has 1 saturated carbocycles. The van der Waals surface area contributed by atoms with E-state index in [1.165, 1.54) is 6.42 Å². The van der Waals surface area contributed by atoms with E-state index in [-0.39, 0.29) is 5.78 Å². The Morgan fingerprint density at radius 2 is 2.00 bits per heavy atom. The summed E-state index contributed by atoms with van der Waals surface area (Å²) in [6, 6.07) is 0. The summed E-state index contributed by atoms with van der Waals surface area (Å²) < 4.78 is 8.59. The van der Waals surface area contributed by atoms with Crippen molar-refractivity contribution < 1.29 is 9.53 Å². The van der Waals surface area contributed by atoms with Gasteiger partial charge in [-0.05, 0) is 42.1 Å². The number of methoxy groups -OCH3 is 1. The lowest BCUT2D eigenvalue weighted by Crippen LogP contribution is -2.43. The minimum Gasteiger partial charge on any atom is -0.370 e. The number of aryl methyl sites for hydroxylation is 2. The molecule has 0 atom stereocenters. The molecule has 0 radical (unpaired) electrons. The van der Waals surface area contributed by atoms with E-state index in [2.05, 4.69) is 34.9 Å². The molecule has 0 saturated heterocycles. The Morgan fingerprint density at radius 3 is 2.52 bits per heavy atom. The zero-order chi connectivity index (χ0) is 15.5. The molecule has 1 heterocycles. The molecule has 0 aromatic carbocycles. The third kappa shape index (κ3) is 3.24. The van der Waals surface area contributed by atoms with Crippen LogP contribution in [0.15, 0.2) is 4.47 Å². The van der Waals surface area contributed by atoms with Gasteiger partial charge in [-0.2, -0.15) is 5.10 Å². The number of ketones is 1. The number of nitrogens with zero attached hydrogens (tertiary/aromatic N) is 2. The molecule has 0 N–H and O–H groups in total. The van der Waals surface area contributed by atoms with Crippen molar-refractivity contribution in [1.29, 1.82) is 0 Å². The lowest BCUT2D eigenvalue weighted by Gasteiger charge is -2.34. The molecule has 21 heavy (non-hydrogen) atoms. The Morgan fingerprint density at radius 1 is 1.33 bits per heavy atom. The van der Waals surface area contributed by atoms with E-state index in [0.717, 1.165) is 54.5 Å². The number of ether oxygens (including phenoxy) is 1. The van der Waals surface area contributed by atoms with Crippen LogP contribution in [0.1, 0.15) is 57.3 Å². The highest BCUT2D eigenvalue weighted by Crippen LogP contribution is 2.34. The zero-order valence-electron chi connectivity index (χ0n) is 13.2. The largest absolute Gasteiger partial charge is 0.370 e. The van der Waals surface area contributed by atoms with E-state index in [9.17, 15) is 4.79 Å². The molecule has 5 heteroatoms. The van der Waals surface area contributed by atoms with Gasteiger partial charge in [-0.25, -0.2) is 0 Å². The fourth-order valence-corrected chi connectivity index (χ4v) is 3.92. The smallest absolute Gasteiger partial charge is 0.170 e. The molecule has 1 aliphatic carbocycles. The van der Waals surface area contributed by atoms with Gasteiger partial charge in [-0.3, -0.25) is 9.48 Å². The van der Waals surface area contributed by atoms with E-state index in [0.29, 0.717) is 6.42 Å². The average Bonchev–Trinajstić information content (AvgIpc) is 2.83. The van der Waals surface area contributed by atoms with E-state index < -0.39 is 5.60 Å². The zero-order valence-corrected chi connectivity index (χ0v) is 14.8. The van der Waals surface area contributed by atoms with E-state index in [1.807, 2.05) is 4.68 Å². The maximum Gasteiger partial charge on any atom is 0.170 e. The second-order valence-corrected chi connectivity index (χ2v) is 6.53. The number of carbonyl (C=O) groups is 1. The van der Waals surface area contributed by atoms with Gasteiger partial charge in [0.1, 0.15) is 5.60 Å². The lowest BCUT2D eigenvalue weighted by molar-refractivity contribution is -0.144. The minimum absolute atomic E-state index is 0.197. The monoisotopic (exact) mass is 356 g/mol. The third-order valence-electron chi connectivity index (χ3n) is 4.58. The molecule has 1 fully saturated rings. The van der Waals surface area contributed by atoms with Gasteiger partial charge in [0.25, 0.3) is 0 Å². The van der Waals surface area contributed by atoms with Crippen LogP contribution in [0.2, 0.25) is 0 Å². The Balaban J connectivity index is 2.24. The number of carbonyl (C=O) groups excluding carboxylic acids is 1. The molecule has 0 aliphatic heterocycles. The topological polar surface area (TPSA) is 44.1 Å². The molecule has 0 unspecified atom stereocenters. The molecule has 0 spiro atoms. The number of hydrogen-bond acceptors (Lipinski definition) is 3. The molecular weight excluding hydrogens is 332 g/mol. The van der Waals surface area contributed by atoms with Gasteiger partial charge in [0.05, 0.1) is 22.3 Å². The first kappa shape index (κ1) is 16.7. The fourth-order valence-electron chi connectivity index (χ4n) is 3.22. The van der Waals surface area contributed by atoms with Crippen LogP contribution in [0.4, 0.5) is 0 Å². The maximum absolute atomic E-state index is 12.9. The predicted molar refractivity (Wildman–Crippen MR) is 86.5 cm³/mol. The lowest BCUT2D eigenvalue weighted by atomic mass is 9.80. The highest BCUT2D eigenvalue weighted by atomic mass is 79.9. The standard InChI is InChI=1S/C16H25BrN2O2/c1-4-12-15(17)13(19(5-2)18-12)11-14(20)16(21-3)9-7-6-8-10-16/h4-11H2,1-3H3. The van der Waals surface area contributed by atoms with Crippen molar-refractivity contribution in [3.63, 3.8) is 0 Å². The van der Waals surface area contributed by atoms with Gasteiger partial charge in [0, 0.05) is 13.7 Å². The molecular formula is C16H25BrN2O2. The summed E-state index contributed by atoms with van der Waals surface area (Å²) in [5.41, 5.74) is 1.43. The van der Waals surface area contributed by atoms with Gasteiger partial charge < -0.3 is 4.74 Å². The first-order valence-electron chi connectivity index (χ1n) is 7.90. The summed E-state index contributed by atoms with van der Waals surface area (Å²) in [5.74, 6) is 0.197. The van der Waals surface area contributed by atoms with Crippen LogP contribution in [0.3, 0.4) is 0 Å². The van der Waals surface area contributed by atoms with Crippen molar-refractivity contribution in [3.8, 4) is 0 Å². The van der Waals surface area contributed by atoms with E-state index in [1.54, 1.807) is 7.11 Å². The number of halogens is 1. The normalized spacial score (nSPS) is 17.9. The number of rotatable bonds is 6. The summed E-state index contributed by atoms with van der Waals surface area (Å²) in [6.45, 7) is 4.91. The fraction of sp³-hybridized carbons (Fsp3) is 0.750. The molecule has 2 rings (SSSR count). The van der Waals surface area contributed by atoms with Gasteiger partial charge >= 0.3 is 0 Å². The first-order valence-corrected chi connectivity index (χ1v) is 8.69. The first-order chi connectivity index (χ1) is 10.1. The molecule has 1 aromatic rings. The van der Waals surface area contributed by atoms with E-state index >= 15 is 0 Å². The van der Waals surface area contributed by atoms with Crippen LogP contribution in [-0.2, 0) is 28.9 Å². The van der Waals surface area contributed by atoms with Crippen molar-refractivity contribution in [3.05, 3.63) is 15.9 Å². The molecule has 4 nitrogen and oxygen atoms in total. The van der Waals surface area contributed by atoms with Crippen LogP contribution < -0.4 is 0 Å². The van der Waals surface area contributed by atoms with Crippen LogP contribution in [0, 0.1) is 0 Å². The summed E-state index contributed by atoms with van der Waals surface area (Å²) in [6.07, 6.45) is 6.32. The number of hydrogen-bond donors (Lipinski definition) is 0. The molecule has 1 aromatic heterocycles. The Labute approximate surface area is 135 Å². The van der Waals surface area contributed by atoms with Crippen molar-refractivity contribution in [2.24, 2.45) is 0 Å². The van der Waals surface area contributed by atoms with Crippen LogP contribution >= 0.6 is 15.9 Å². The Hall–Kier alpha value is -0.680. The van der Waals surface area contributed by atoms with Gasteiger partial charge in [0.15, 0.2) is 5.78 Å². The van der Waals surface area contributed by atoms with Crippen molar-refractivity contribution in [1.82, 2.24) is 9.78 Å². The highest BCUT2D eigenvalue weighted by molar-refractivity contribution is 9.10. The van der Waals surface area contributed by atoms with Crippen LogP contribution in [0.5, 0.6) is 0 Å². The van der Waals surface area contributed by atoms with E-state index in [4.69, 9.17) is 4.74 Å². The quantitative estimate of drug-likeness (QED) is 0.780. The van der Waals surface area contributed by atoms with Crippen molar-refractivity contribution in [2.75, 3.05) is 7.11 Å². The molecule has 0 amide bonds. The maximum atomic E-state index is 12.9. The van der Waals surface area contributed by atoms with Gasteiger partial charge in [0.2, 0.25) is 0 Å².